The standard InChI is InChI=1S/C14H22N6O2/c1-4-20-13(16-17-14(20)21)12-7-11(22-3)9-19(12)8-10-5-6-15-18(10)2/h5-6,11-12H,4,7-9H2,1-3H3,(H,17,21)/t11-,12-/m0/s1. The van der Waals surface area contributed by atoms with Crippen molar-refractivity contribution in [3.63, 3.8) is 0 Å². The molecule has 8 heteroatoms. The molecule has 0 aromatic carbocycles. The topological polar surface area (TPSA) is 81.0 Å². The fraction of sp³-hybridized carbons (Fsp3) is 0.643. The zero-order valence-corrected chi connectivity index (χ0v) is 13.2. The van der Waals surface area contributed by atoms with Crippen LogP contribution in [-0.2, 0) is 24.9 Å². The van der Waals surface area contributed by atoms with E-state index in [4.69, 9.17) is 4.74 Å². The van der Waals surface area contributed by atoms with Crippen LogP contribution in [0.3, 0.4) is 0 Å². The average Bonchev–Trinajstić information content (AvgIpc) is 3.19. The van der Waals surface area contributed by atoms with Crippen LogP contribution in [0.25, 0.3) is 0 Å². The van der Waals surface area contributed by atoms with Gasteiger partial charge in [-0.15, -0.1) is 0 Å². The van der Waals surface area contributed by atoms with Crippen LogP contribution in [0.5, 0.6) is 0 Å². The largest absolute Gasteiger partial charge is 0.380 e. The van der Waals surface area contributed by atoms with E-state index in [0.29, 0.717) is 6.54 Å². The highest BCUT2D eigenvalue weighted by Crippen LogP contribution is 2.33. The maximum Gasteiger partial charge on any atom is 0.343 e. The fourth-order valence-electron chi connectivity index (χ4n) is 3.13. The predicted octanol–water partition coefficient (Wildman–Crippen LogP) is 0.287. The summed E-state index contributed by atoms with van der Waals surface area (Å²) in [4.78, 5) is 14.1. The second-order valence-electron chi connectivity index (χ2n) is 5.62. The van der Waals surface area contributed by atoms with E-state index in [0.717, 1.165) is 31.0 Å². The molecule has 0 radical (unpaired) electrons. The van der Waals surface area contributed by atoms with Crippen molar-refractivity contribution in [1.82, 2.24) is 29.4 Å². The number of ether oxygens (including phenoxy) is 1. The first kappa shape index (κ1) is 15.0. The van der Waals surface area contributed by atoms with Gasteiger partial charge >= 0.3 is 5.69 Å². The molecule has 1 saturated heterocycles. The van der Waals surface area contributed by atoms with Gasteiger partial charge in [-0.05, 0) is 19.4 Å². The number of nitrogens with zero attached hydrogens (tertiary/aromatic N) is 5. The first-order chi connectivity index (χ1) is 10.6. The molecular formula is C14H22N6O2. The Bertz CT molecular complexity index is 688. The van der Waals surface area contributed by atoms with Crippen molar-refractivity contribution in [3.05, 3.63) is 34.3 Å². The van der Waals surface area contributed by atoms with Gasteiger partial charge in [0.05, 0.1) is 17.8 Å². The molecule has 120 valence electrons. The third-order valence-corrected chi connectivity index (χ3v) is 4.39. The van der Waals surface area contributed by atoms with Gasteiger partial charge in [0.2, 0.25) is 0 Å². The Balaban J connectivity index is 1.89. The summed E-state index contributed by atoms with van der Waals surface area (Å²) in [5.74, 6) is 0.786. The van der Waals surface area contributed by atoms with Crippen molar-refractivity contribution in [1.29, 1.82) is 0 Å². The summed E-state index contributed by atoms with van der Waals surface area (Å²) in [6, 6.07) is 2.08. The third kappa shape index (κ3) is 2.59. The minimum atomic E-state index is -0.154. The maximum atomic E-state index is 11.8. The van der Waals surface area contributed by atoms with Gasteiger partial charge in [-0.2, -0.15) is 10.2 Å². The number of hydrogen-bond donors (Lipinski definition) is 1. The third-order valence-electron chi connectivity index (χ3n) is 4.39. The molecule has 0 unspecified atom stereocenters. The van der Waals surface area contributed by atoms with Crippen LogP contribution in [-0.4, -0.2) is 49.2 Å². The van der Waals surface area contributed by atoms with Crippen LogP contribution in [0.2, 0.25) is 0 Å². The van der Waals surface area contributed by atoms with Gasteiger partial charge in [0, 0.05) is 40.0 Å². The minimum absolute atomic E-state index is 0.0683. The average molecular weight is 306 g/mol. The number of H-pyrrole nitrogens is 1. The number of nitrogens with one attached hydrogen (secondary N) is 1. The number of aromatic amines is 1. The molecule has 1 N–H and O–H groups in total. The molecule has 3 heterocycles. The first-order valence-electron chi connectivity index (χ1n) is 7.52. The molecule has 2 aromatic heterocycles. The van der Waals surface area contributed by atoms with Gasteiger partial charge in [-0.1, -0.05) is 0 Å². The van der Waals surface area contributed by atoms with E-state index in [9.17, 15) is 4.79 Å². The van der Waals surface area contributed by atoms with E-state index in [2.05, 4.69) is 20.2 Å². The van der Waals surface area contributed by atoms with Gasteiger partial charge in [0.1, 0.15) is 0 Å². The van der Waals surface area contributed by atoms with E-state index in [1.165, 1.54) is 0 Å². The zero-order valence-electron chi connectivity index (χ0n) is 13.2. The molecule has 2 atom stereocenters. The first-order valence-corrected chi connectivity index (χ1v) is 7.52. The Morgan fingerprint density at radius 3 is 2.95 bits per heavy atom. The highest BCUT2D eigenvalue weighted by atomic mass is 16.5. The summed E-state index contributed by atoms with van der Waals surface area (Å²) in [6.07, 6.45) is 2.78. The Labute approximate surface area is 128 Å². The monoisotopic (exact) mass is 306 g/mol. The molecular weight excluding hydrogens is 284 g/mol. The summed E-state index contributed by atoms with van der Waals surface area (Å²) in [5, 5.41) is 11.0. The molecule has 22 heavy (non-hydrogen) atoms. The molecule has 0 bridgehead atoms. The van der Waals surface area contributed by atoms with Gasteiger partial charge in [0.25, 0.3) is 0 Å². The molecule has 1 aliphatic heterocycles. The summed E-state index contributed by atoms with van der Waals surface area (Å²) in [5.41, 5.74) is 0.974. The van der Waals surface area contributed by atoms with Crippen LogP contribution in [0.1, 0.15) is 30.9 Å². The van der Waals surface area contributed by atoms with Crippen LogP contribution < -0.4 is 5.69 Å². The molecule has 0 amide bonds. The lowest BCUT2D eigenvalue weighted by atomic mass is 10.2. The summed E-state index contributed by atoms with van der Waals surface area (Å²) >= 11 is 0. The molecule has 1 aliphatic rings. The Kier molecular flexibility index (Phi) is 4.12. The SMILES string of the molecule is CCn1c([C@@H]2C[C@H](OC)CN2Cc2ccnn2C)n[nH]c1=O. The van der Waals surface area contributed by atoms with Crippen LogP contribution in [0.15, 0.2) is 17.1 Å². The van der Waals surface area contributed by atoms with E-state index in [1.54, 1.807) is 17.9 Å². The van der Waals surface area contributed by atoms with Crippen molar-refractivity contribution in [2.75, 3.05) is 13.7 Å². The molecule has 2 aromatic rings. The minimum Gasteiger partial charge on any atom is -0.380 e. The highest BCUT2D eigenvalue weighted by molar-refractivity contribution is 5.06. The zero-order chi connectivity index (χ0) is 15.7. The second kappa shape index (κ2) is 6.05. The van der Waals surface area contributed by atoms with E-state index >= 15 is 0 Å². The van der Waals surface area contributed by atoms with Crippen LogP contribution in [0, 0.1) is 0 Å². The smallest absolute Gasteiger partial charge is 0.343 e. The van der Waals surface area contributed by atoms with Crippen molar-refractivity contribution in [2.45, 2.75) is 38.6 Å². The normalized spacial score (nSPS) is 22.5. The fourth-order valence-corrected chi connectivity index (χ4v) is 3.13. The number of likely N-dealkylation sites (tertiary alicyclic amines) is 1. The van der Waals surface area contributed by atoms with Gasteiger partial charge in [0.15, 0.2) is 5.82 Å². The van der Waals surface area contributed by atoms with Crippen molar-refractivity contribution in [2.24, 2.45) is 7.05 Å². The molecule has 0 saturated carbocycles. The molecule has 3 rings (SSSR count). The summed E-state index contributed by atoms with van der Waals surface area (Å²) < 4.78 is 9.10. The number of aromatic nitrogens is 5. The van der Waals surface area contributed by atoms with Crippen molar-refractivity contribution in [3.8, 4) is 0 Å². The Morgan fingerprint density at radius 2 is 2.32 bits per heavy atom. The van der Waals surface area contributed by atoms with Crippen molar-refractivity contribution < 1.29 is 4.74 Å². The number of hydrogen-bond acceptors (Lipinski definition) is 5. The maximum absolute atomic E-state index is 11.8. The molecule has 1 fully saturated rings. The summed E-state index contributed by atoms with van der Waals surface area (Å²) in [7, 11) is 3.66. The van der Waals surface area contributed by atoms with Crippen molar-refractivity contribution >= 4 is 0 Å². The number of rotatable bonds is 5. The molecule has 0 aliphatic carbocycles. The lowest BCUT2D eigenvalue weighted by Crippen LogP contribution is -2.28. The quantitative estimate of drug-likeness (QED) is 0.858. The van der Waals surface area contributed by atoms with E-state index < -0.39 is 0 Å². The van der Waals surface area contributed by atoms with Gasteiger partial charge in [-0.3, -0.25) is 14.1 Å². The molecule has 8 nitrogen and oxygen atoms in total. The second-order valence-corrected chi connectivity index (χ2v) is 5.62. The number of methoxy groups -OCH3 is 1. The van der Waals surface area contributed by atoms with Gasteiger partial charge < -0.3 is 4.74 Å². The highest BCUT2D eigenvalue weighted by Gasteiger charge is 2.36. The predicted molar refractivity (Wildman–Crippen MR) is 80.3 cm³/mol. The number of aryl methyl sites for hydroxylation is 1. The lowest BCUT2D eigenvalue weighted by molar-refractivity contribution is 0.107. The van der Waals surface area contributed by atoms with Gasteiger partial charge in [-0.25, -0.2) is 9.89 Å². The van der Waals surface area contributed by atoms with Crippen LogP contribution >= 0.6 is 0 Å². The molecule has 0 spiro atoms. The Hall–Kier alpha value is -1.93. The van der Waals surface area contributed by atoms with Crippen LogP contribution in [0.4, 0.5) is 0 Å². The Morgan fingerprint density at radius 1 is 1.50 bits per heavy atom. The lowest BCUT2D eigenvalue weighted by Gasteiger charge is -2.23. The summed E-state index contributed by atoms with van der Waals surface area (Å²) in [6.45, 7) is 4.13. The van der Waals surface area contributed by atoms with E-state index in [-0.39, 0.29) is 17.8 Å². The van der Waals surface area contributed by atoms with E-state index in [1.807, 2.05) is 24.7 Å².